The number of methoxy groups -OCH3 is 1. The summed E-state index contributed by atoms with van der Waals surface area (Å²) >= 11 is 0. The fourth-order valence-corrected chi connectivity index (χ4v) is 2.33. The van der Waals surface area contributed by atoms with Gasteiger partial charge in [-0.15, -0.1) is 0 Å². The van der Waals surface area contributed by atoms with Crippen LogP contribution in [0.3, 0.4) is 0 Å². The first-order valence-corrected chi connectivity index (χ1v) is 8.07. The fraction of sp³-hybridized carbons (Fsp3) is 0.316. The van der Waals surface area contributed by atoms with Gasteiger partial charge in [0.05, 0.1) is 7.11 Å². The van der Waals surface area contributed by atoms with Crippen molar-refractivity contribution in [3.63, 3.8) is 0 Å². The molecule has 0 saturated carbocycles. The first-order valence-electron chi connectivity index (χ1n) is 8.07. The van der Waals surface area contributed by atoms with Crippen molar-refractivity contribution in [2.24, 2.45) is 5.73 Å². The van der Waals surface area contributed by atoms with E-state index in [0.717, 1.165) is 11.1 Å². The van der Waals surface area contributed by atoms with Crippen molar-refractivity contribution in [1.29, 1.82) is 0 Å². The van der Waals surface area contributed by atoms with E-state index in [-0.39, 0.29) is 6.61 Å². The normalized spacial score (nSPS) is 10.3. The number of aryl methyl sites for hydroxylation is 1. The molecule has 0 spiro atoms. The van der Waals surface area contributed by atoms with Crippen LogP contribution in [0.2, 0.25) is 0 Å². The van der Waals surface area contributed by atoms with Crippen LogP contribution in [0.5, 0.6) is 11.5 Å². The lowest BCUT2D eigenvalue weighted by molar-refractivity contribution is 0.157. The highest BCUT2D eigenvalue weighted by Crippen LogP contribution is 2.29. The largest absolute Gasteiger partial charge is 0.493 e. The van der Waals surface area contributed by atoms with Crippen molar-refractivity contribution >= 4 is 6.09 Å². The van der Waals surface area contributed by atoms with Gasteiger partial charge in [-0.3, -0.25) is 0 Å². The number of nitrogens with one attached hydrogen (secondary N) is 1. The van der Waals surface area contributed by atoms with Crippen LogP contribution in [-0.2, 0) is 17.9 Å². The Kier molecular flexibility index (Phi) is 7.10. The standard InChI is InChI=1S/C19H24N2O4/c1-14-5-3-4-6-16(14)13-25-17-8-7-15(11-18(17)23-2)12-21-9-10-24-19(20)22/h3-8,11,21H,9-10,12-13H2,1-2H3,(H2,20,22). The third-order valence-corrected chi connectivity index (χ3v) is 3.72. The zero-order valence-corrected chi connectivity index (χ0v) is 14.6. The number of hydrogen-bond acceptors (Lipinski definition) is 5. The lowest BCUT2D eigenvalue weighted by atomic mass is 10.1. The predicted molar refractivity (Wildman–Crippen MR) is 95.7 cm³/mol. The Morgan fingerprint density at radius 1 is 1.16 bits per heavy atom. The number of rotatable bonds is 9. The molecule has 0 radical (unpaired) electrons. The van der Waals surface area contributed by atoms with Crippen LogP contribution >= 0.6 is 0 Å². The van der Waals surface area contributed by atoms with Crippen molar-refractivity contribution in [3.8, 4) is 11.5 Å². The maximum absolute atomic E-state index is 10.5. The Morgan fingerprint density at radius 2 is 1.96 bits per heavy atom. The zero-order valence-electron chi connectivity index (χ0n) is 14.6. The minimum absolute atomic E-state index is 0.240. The van der Waals surface area contributed by atoms with E-state index in [1.54, 1.807) is 7.11 Å². The second-order valence-electron chi connectivity index (χ2n) is 5.54. The number of ether oxygens (including phenoxy) is 3. The molecular weight excluding hydrogens is 320 g/mol. The summed E-state index contributed by atoms with van der Waals surface area (Å²) in [5, 5.41) is 3.16. The topological polar surface area (TPSA) is 82.8 Å². The van der Waals surface area contributed by atoms with Gasteiger partial charge in [0.1, 0.15) is 13.2 Å². The summed E-state index contributed by atoms with van der Waals surface area (Å²) in [6.07, 6.45) is -0.765. The van der Waals surface area contributed by atoms with E-state index in [9.17, 15) is 4.79 Å². The van der Waals surface area contributed by atoms with Crippen LogP contribution in [0.4, 0.5) is 4.79 Å². The minimum Gasteiger partial charge on any atom is -0.493 e. The van der Waals surface area contributed by atoms with Crippen molar-refractivity contribution < 1.29 is 19.0 Å². The molecule has 2 aromatic rings. The molecule has 6 heteroatoms. The smallest absolute Gasteiger partial charge is 0.404 e. The molecule has 0 saturated heterocycles. The Hall–Kier alpha value is -2.73. The van der Waals surface area contributed by atoms with E-state index in [4.69, 9.17) is 15.2 Å². The number of nitrogens with two attached hydrogens (primary N) is 1. The van der Waals surface area contributed by atoms with Gasteiger partial charge in [-0.2, -0.15) is 0 Å². The van der Waals surface area contributed by atoms with Crippen LogP contribution in [0.25, 0.3) is 0 Å². The molecule has 0 unspecified atom stereocenters. The van der Waals surface area contributed by atoms with Gasteiger partial charge < -0.3 is 25.3 Å². The Bertz CT molecular complexity index is 704. The SMILES string of the molecule is COc1cc(CNCCOC(N)=O)ccc1OCc1ccccc1C. The highest BCUT2D eigenvalue weighted by atomic mass is 16.5. The van der Waals surface area contributed by atoms with E-state index in [1.165, 1.54) is 5.56 Å². The number of amides is 1. The van der Waals surface area contributed by atoms with E-state index in [2.05, 4.69) is 23.0 Å². The van der Waals surface area contributed by atoms with Gasteiger partial charge in [0.2, 0.25) is 0 Å². The van der Waals surface area contributed by atoms with Gasteiger partial charge >= 0.3 is 6.09 Å². The molecule has 0 atom stereocenters. The Labute approximate surface area is 147 Å². The number of hydrogen-bond donors (Lipinski definition) is 2. The fourth-order valence-electron chi connectivity index (χ4n) is 2.33. The van der Waals surface area contributed by atoms with Gasteiger partial charge in [0, 0.05) is 13.1 Å². The zero-order chi connectivity index (χ0) is 18.1. The molecule has 2 rings (SSSR count). The van der Waals surface area contributed by atoms with E-state index >= 15 is 0 Å². The van der Waals surface area contributed by atoms with Crippen LogP contribution < -0.4 is 20.5 Å². The Morgan fingerprint density at radius 3 is 2.68 bits per heavy atom. The van der Waals surface area contributed by atoms with Gasteiger partial charge in [-0.1, -0.05) is 30.3 Å². The molecule has 0 heterocycles. The summed E-state index contributed by atoms with van der Waals surface area (Å²) in [5.41, 5.74) is 8.28. The van der Waals surface area contributed by atoms with Crippen LogP contribution in [-0.4, -0.2) is 26.4 Å². The predicted octanol–water partition coefficient (Wildman–Crippen LogP) is 2.77. The second kappa shape index (κ2) is 9.54. The van der Waals surface area contributed by atoms with Crippen molar-refractivity contribution in [2.45, 2.75) is 20.1 Å². The highest BCUT2D eigenvalue weighted by Gasteiger charge is 2.07. The average Bonchev–Trinajstić information content (AvgIpc) is 2.61. The molecule has 0 aromatic heterocycles. The van der Waals surface area contributed by atoms with Crippen LogP contribution in [0.1, 0.15) is 16.7 Å². The van der Waals surface area contributed by atoms with Gasteiger partial charge in [0.15, 0.2) is 11.5 Å². The molecular formula is C19H24N2O4. The van der Waals surface area contributed by atoms with Crippen LogP contribution in [0, 0.1) is 6.92 Å². The van der Waals surface area contributed by atoms with E-state index in [0.29, 0.717) is 31.2 Å². The molecule has 0 aliphatic heterocycles. The van der Waals surface area contributed by atoms with Gasteiger partial charge in [0.25, 0.3) is 0 Å². The first kappa shape index (κ1) is 18.6. The summed E-state index contributed by atoms with van der Waals surface area (Å²) < 4.78 is 16.0. The first-order chi connectivity index (χ1) is 12.1. The summed E-state index contributed by atoms with van der Waals surface area (Å²) in [4.78, 5) is 10.5. The quantitative estimate of drug-likeness (QED) is 0.684. The molecule has 25 heavy (non-hydrogen) atoms. The number of carbonyl (C=O) groups excluding carboxylic acids is 1. The van der Waals surface area contributed by atoms with Gasteiger partial charge in [-0.25, -0.2) is 4.79 Å². The second-order valence-corrected chi connectivity index (χ2v) is 5.54. The number of benzene rings is 2. The molecule has 0 fully saturated rings. The average molecular weight is 344 g/mol. The van der Waals surface area contributed by atoms with Crippen molar-refractivity contribution in [2.75, 3.05) is 20.3 Å². The molecule has 0 aliphatic carbocycles. The highest BCUT2D eigenvalue weighted by molar-refractivity contribution is 5.64. The molecule has 3 N–H and O–H groups in total. The lowest BCUT2D eigenvalue weighted by Gasteiger charge is -2.13. The number of primary amides is 1. The maximum atomic E-state index is 10.5. The minimum atomic E-state index is -0.765. The van der Waals surface area contributed by atoms with E-state index < -0.39 is 6.09 Å². The molecule has 6 nitrogen and oxygen atoms in total. The number of carbonyl (C=O) groups is 1. The molecule has 0 aliphatic rings. The summed E-state index contributed by atoms with van der Waals surface area (Å²) in [6, 6.07) is 13.9. The molecule has 134 valence electrons. The van der Waals surface area contributed by atoms with Crippen molar-refractivity contribution in [3.05, 3.63) is 59.2 Å². The molecule has 2 aromatic carbocycles. The maximum Gasteiger partial charge on any atom is 0.404 e. The summed E-state index contributed by atoms with van der Waals surface area (Å²) in [7, 11) is 1.62. The Balaban J connectivity index is 1.90. The molecule has 1 amide bonds. The lowest BCUT2D eigenvalue weighted by Crippen LogP contribution is -2.23. The third kappa shape index (κ3) is 6.00. The molecule has 0 bridgehead atoms. The summed E-state index contributed by atoms with van der Waals surface area (Å²) in [5.74, 6) is 1.38. The summed E-state index contributed by atoms with van der Waals surface area (Å²) in [6.45, 7) is 3.94. The third-order valence-electron chi connectivity index (χ3n) is 3.72. The van der Waals surface area contributed by atoms with Gasteiger partial charge in [-0.05, 0) is 35.7 Å². The van der Waals surface area contributed by atoms with Crippen LogP contribution in [0.15, 0.2) is 42.5 Å². The van der Waals surface area contributed by atoms with E-state index in [1.807, 2.05) is 36.4 Å². The van der Waals surface area contributed by atoms with Crippen molar-refractivity contribution in [1.82, 2.24) is 5.32 Å². The monoisotopic (exact) mass is 344 g/mol.